The molecule has 4 heteroatoms. The van der Waals surface area contributed by atoms with Gasteiger partial charge in [0.1, 0.15) is 13.3 Å². The van der Waals surface area contributed by atoms with Crippen LogP contribution in [-0.2, 0) is 9.13 Å². The normalized spacial score (nSPS) is 19.6. The van der Waals surface area contributed by atoms with Crippen molar-refractivity contribution in [2.24, 2.45) is 0 Å². The molecule has 58 valence electrons. The standard InChI is InChI=1S/C6H14O2P2/c1-5(9(3)7)6(2)10(4)8/h5-6H,1-4H3/q+2. The third-order valence-electron chi connectivity index (χ3n) is 1.85. The van der Waals surface area contributed by atoms with Crippen molar-refractivity contribution in [1.29, 1.82) is 0 Å². The Kier molecular flexibility index (Phi) is 4.24. The van der Waals surface area contributed by atoms with Crippen molar-refractivity contribution in [3.8, 4) is 0 Å². The maximum atomic E-state index is 10.9. The van der Waals surface area contributed by atoms with Gasteiger partial charge in [-0.1, -0.05) is 9.13 Å². The van der Waals surface area contributed by atoms with Crippen molar-refractivity contribution < 1.29 is 9.13 Å². The van der Waals surface area contributed by atoms with E-state index in [2.05, 4.69) is 0 Å². The third kappa shape index (κ3) is 2.86. The number of rotatable bonds is 3. The molecule has 0 fully saturated rings. The highest BCUT2D eigenvalue weighted by molar-refractivity contribution is 7.49. The van der Waals surface area contributed by atoms with Gasteiger partial charge in [0.2, 0.25) is 0 Å². The molecule has 4 unspecified atom stereocenters. The molecule has 0 aliphatic carbocycles. The first-order chi connectivity index (χ1) is 4.46. The van der Waals surface area contributed by atoms with Gasteiger partial charge < -0.3 is 0 Å². The molecule has 4 atom stereocenters. The summed E-state index contributed by atoms with van der Waals surface area (Å²) in [5.74, 6) is 0. The van der Waals surface area contributed by atoms with Gasteiger partial charge in [0, 0.05) is 0 Å². The highest BCUT2D eigenvalue weighted by atomic mass is 31.1. The second kappa shape index (κ2) is 4.16. The van der Waals surface area contributed by atoms with E-state index in [0.29, 0.717) is 0 Å². The fourth-order valence-electron chi connectivity index (χ4n) is 0.608. The molecular weight excluding hydrogens is 166 g/mol. The minimum atomic E-state index is -1.17. The van der Waals surface area contributed by atoms with Gasteiger partial charge in [-0.05, 0) is 13.8 Å². The van der Waals surface area contributed by atoms with Gasteiger partial charge in [-0.3, -0.25) is 0 Å². The van der Waals surface area contributed by atoms with Crippen LogP contribution in [0.1, 0.15) is 13.8 Å². The second-order valence-electron chi connectivity index (χ2n) is 2.57. The molecule has 0 aromatic rings. The van der Waals surface area contributed by atoms with Crippen LogP contribution >= 0.6 is 15.6 Å². The fraction of sp³-hybridized carbons (Fsp3) is 1.00. The predicted molar refractivity (Wildman–Crippen MR) is 46.0 cm³/mol. The van der Waals surface area contributed by atoms with Crippen molar-refractivity contribution in [2.75, 3.05) is 13.3 Å². The van der Waals surface area contributed by atoms with E-state index < -0.39 is 15.6 Å². The van der Waals surface area contributed by atoms with Gasteiger partial charge in [0.05, 0.1) is 0 Å². The van der Waals surface area contributed by atoms with Gasteiger partial charge in [0.25, 0.3) is 0 Å². The fourth-order valence-corrected chi connectivity index (χ4v) is 2.95. The third-order valence-corrected chi connectivity index (χ3v) is 5.27. The predicted octanol–water partition coefficient (Wildman–Crippen LogP) is 2.68. The first-order valence-electron chi connectivity index (χ1n) is 3.26. The molecule has 0 aliphatic heterocycles. The van der Waals surface area contributed by atoms with Crippen molar-refractivity contribution >= 4 is 15.6 Å². The summed E-state index contributed by atoms with van der Waals surface area (Å²) in [6, 6.07) is 0. The van der Waals surface area contributed by atoms with E-state index in [0.717, 1.165) is 0 Å². The summed E-state index contributed by atoms with van der Waals surface area (Å²) in [7, 11) is -2.33. The minimum Gasteiger partial charge on any atom is -0.0747 e. The minimum absolute atomic E-state index is 0.0867. The molecule has 0 radical (unpaired) electrons. The zero-order valence-electron chi connectivity index (χ0n) is 6.87. The zero-order chi connectivity index (χ0) is 8.31. The highest BCUT2D eigenvalue weighted by Crippen LogP contribution is 2.36. The lowest BCUT2D eigenvalue weighted by Crippen LogP contribution is -2.10. The smallest absolute Gasteiger partial charge is 0.0747 e. The summed E-state index contributed by atoms with van der Waals surface area (Å²) in [6.45, 7) is 7.16. The first-order valence-corrected chi connectivity index (χ1v) is 6.82. The summed E-state index contributed by atoms with van der Waals surface area (Å²) >= 11 is 0. The quantitative estimate of drug-likeness (QED) is 0.625. The van der Waals surface area contributed by atoms with Crippen molar-refractivity contribution in [3.05, 3.63) is 0 Å². The Bertz CT molecular complexity index is 138. The largest absolute Gasteiger partial charge is 0.343 e. The lowest BCUT2D eigenvalue weighted by molar-refractivity contribution is 0.571. The van der Waals surface area contributed by atoms with E-state index >= 15 is 0 Å². The van der Waals surface area contributed by atoms with Crippen LogP contribution in [0.15, 0.2) is 0 Å². The molecule has 10 heavy (non-hydrogen) atoms. The van der Waals surface area contributed by atoms with E-state index in [1.54, 1.807) is 13.3 Å². The Morgan fingerprint density at radius 2 is 1.10 bits per heavy atom. The van der Waals surface area contributed by atoms with Crippen LogP contribution < -0.4 is 0 Å². The number of hydrogen-bond acceptors (Lipinski definition) is 2. The van der Waals surface area contributed by atoms with Crippen LogP contribution in [0.5, 0.6) is 0 Å². The summed E-state index contributed by atoms with van der Waals surface area (Å²) in [4.78, 5) is 0. The molecule has 0 N–H and O–H groups in total. The maximum Gasteiger partial charge on any atom is 0.343 e. The molecule has 0 aromatic carbocycles. The summed E-state index contributed by atoms with van der Waals surface area (Å²) in [6.07, 6.45) is 0. The first kappa shape index (κ1) is 10.2. The summed E-state index contributed by atoms with van der Waals surface area (Å²) in [5.41, 5.74) is 0.173. The molecule has 0 spiro atoms. The average Bonchev–Trinajstić information content (AvgIpc) is 1.84. The van der Waals surface area contributed by atoms with Crippen LogP contribution in [0.3, 0.4) is 0 Å². The molecular formula is C6H14O2P2+2. The van der Waals surface area contributed by atoms with E-state index in [9.17, 15) is 9.13 Å². The van der Waals surface area contributed by atoms with E-state index in [1.807, 2.05) is 13.8 Å². The van der Waals surface area contributed by atoms with Gasteiger partial charge in [-0.25, -0.2) is 0 Å². The molecule has 0 aromatic heterocycles. The van der Waals surface area contributed by atoms with Crippen LogP contribution in [0.25, 0.3) is 0 Å². The Morgan fingerprint density at radius 1 is 0.900 bits per heavy atom. The lowest BCUT2D eigenvalue weighted by Gasteiger charge is -1.96. The SMILES string of the molecule is CC(C(C)[P+](C)=O)[P+](C)=O. The molecule has 0 saturated carbocycles. The monoisotopic (exact) mass is 180 g/mol. The van der Waals surface area contributed by atoms with Gasteiger partial charge in [-0.15, -0.1) is 0 Å². The zero-order valence-corrected chi connectivity index (χ0v) is 8.65. The van der Waals surface area contributed by atoms with E-state index in [-0.39, 0.29) is 11.3 Å². The van der Waals surface area contributed by atoms with E-state index in [1.165, 1.54) is 0 Å². The molecule has 0 saturated heterocycles. The molecule has 2 nitrogen and oxygen atoms in total. The van der Waals surface area contributed by atoms with Crippen molar-refractivity contribution in [2.45, 2.75) is 25.2 Å². The Morgan fingerprint density at radius 3 is 1.20 bits per heavy atom. The molecule has 0 aliphatic rings. The number of hydrogen-bond donors (Lipinski definition) is 0. The van der Waals surface area contributed by atoms with Crippen LogP contribution in [0, 0.1) is 0 Å². The van der Waals surface area contributed by atoms with Crippen LogP contribution in [0.4, 0.5) is 0 Å². The highest BCUT2D eigenvalue weighted by Gasteiger charge is 2.36. The molecule has 0 bridgehead atoms. The van der Waals surface area contributed by atoms with Gasteiger partial charge in [0.15, 0.2) is 11.3 Å². The maximum absolute atomic E-state index is 10.9. The Hall–Kier alpha value is 0.200. The van der Waals surface area contributed by atoms with Crippen molar-refractivity contribution in [3.63, 3.8) is 0 Å². The second-order valence-corrected chi connectivity index (χ2v) is 6.39. The van der Waals surface area contributed by atoms with Gasteiger partial charge >= 0.3 is 15.6 Å². The lowest BCUT2D eigenvalue weighted by atomic mass is 10.4. The summed E-state index contributed by atoms with van der Waals surface area (Å²) < 4.78 is 21.8. The average molecular weight is 180 g/mol. The summed E-state index contributed by atoms with van der Waals surface area (Å²) in [5, 5.41) is 0. The Labute approximate surface area is 64.0 Å². The van der Waals surface area contributed by atoms with Crippen LogP contribution in [0.2, 0.25) is 0 Å². The molecule has 0 rings (SSSR count). The van der Waals surface area contributed by atoms with Crippen molar-refractivity contribution in [1.82, 2.24) is 0 Å². The Balaban J connectivity index is 4.07. The molecule has 0 amide bonds. The van der Waals surface area contributed by atoms with E-state index in [4.69, 9.17) is 0 Å². The van der Waals surface area contributed by atoms with Crippen LogP contribution in [-0.4, -0.2) is 24.6 Å². The topological polar surface area (TPSA) is 34.1 Å². The van der Waals surface area contributed by atoms with Gasteiger partial charge in [-0.2, -0.15) is 0 Å². The molecule has 0 heterocycles.